The molecule has 0 aliphatic carbocycles. The van der Waals surface area contributed by atoms with Gasteiger partial charge in [-0.05, 0) is 6.42 Å². The summed E-state index contributed by atoms with van der Waals surface area (Å²) in [6, 6.07) is 0. The Morgan fingerprint density at radius 2 is 2.50 bits per heavy atom. The van der Waals surface area contributed by atoms with Gasteiger partial charge < -0.3 is 10.0 Å². The van der Waals surface area contributed by atoms with Crippen LogP contribution in [0.5, 0.6) is 0 Å². The van der Waals surface area contributed by atoms with Crippen LogP contribution in [0, 0.1) is 0 Å². The van der Waals surface area contributed by atoms with Crippen molar-refractivity contribution in [1.82, 2.24) is 4.90 Å². The Labute approximate surface area is 49.4 Å². The Kier molecular flexibility index (Phi) is 1.42. The molecular weight excluding hydrogens is 102 g/mol. The average Bonchev–Trinajstić information content (AvgIpc) is 1.64. The third-order valence-electron chi connectivity index (χ3n) is 1.31. The zero-order valence-corrected chi connectivity index (χ0v) is 5.09. The van der Waals surface area contributed by atoms with Gasteiger partial charge >= 0.3 is 0 Å². The second kappa shape index (κ2) is 2.07. The molecule has 0 amide bonds. The Morgan fingerprint density at radius 3 is 2.88 bits per heavy atom. The first-order valence-electron chi connectivity index (χ1n) is 2.89. The summed E-state index contributed by atoms with van der Waals surface area (Å²) in [7, 11) is 1.97. The summed E-state index contributed by atoms with van der Waals surface area (Å²) < 4.78 is 0. The number of aliphatic hydroxyl groups is 1. The van der Waals surface area contributed by atoms with Gasteiger partial charge in [-0.2, -0.15) is 0 Å². The van der Waals surface area contributed by atoms with E-state index in [2.05, 4.69) is 0 Å². The van der Waals surface area contributed by atoms with Crippen LogP contribution < -0.4 is 0 Å². The van der Waals surface area contributed by atoms with E-state index in [9.17, 15) is 0 Å². The molecule has 1 heterocycles. The van der Waals surface area contributed by atoms with Gasteiger partial charge in [0.15, 0.2) is 0 Å². The molecule has 0 atom stereocenters. The van der Waals surface area contributed by atoms with E-state index >= 15 is 0 Å². The van der Waals surface area contributed by atoms with Crippen molar-refractivity contribution >= 4 is 0 Å². The molecule has 2 nitrogen and oxygen atoms in total. The topological polar surface area (TPSA) is 23.5 Å². The Morgan fingerprint density at radius 1 is 1.75 bits per heavy atom. The lowest BCUT2D eigenvalue weighted by atomic mass is 10.2. The highest BCUT2D eigenvalue weighted by molar-refractivity contribution is 4.93. The fourth-order valence-electron chi connectivity index (χ4n) is 0.893. The first kappa shape index (κ1) is 5.48. The summed E-state index contributed by atoms with van der Waals surface area (Å²) in [5.74, 6) is 0.513. The molecule has 0 fully saturated rings. The zero-order chi connectivity index (χ0) is 5.98. The lowest BCUT2D eigenvalue weighted by Crippen LogP contribution is -2.17. The van der Waals surface area contributed by atoms with Crippen LogP contribution in [0.1, 0.15) is 12.8 Å². The summed E-state index contributed by atoms with van der Waals surface area (Å²) in [6.07, 6.45) is 3.71. The molecule has 0 aromatic carbocycles. The van der Waals surface area contributed by atoms with E-state index in [1.54, 1.807) is 6.20 Å². The average molecular weight is 113 g/mol. The number of hydrogen-bond acceptors (Lipinski definition) is 2. The number of aliphatic hydroxyl groups excluding tert-OH is 1. The summed E-state index contributed by atoms with van der Waals surface area (Å²) in [5, 5.41) is 8.90. The number of rotatable bonds is 0. The molecule has 0 aromatic rings. The third kappa shape index (κ3) is 1.15. The fourth-order valence-corrected chi connectivity index (χ4v) is 0.893. The fraction of sp³-hybridized carbons (Fsp3) is 0.667. The van der Waals surface area contributed by atoms with Crippen molar-refractivity contribution in [1.29, 1.82) is 0 Å². The van der Waals surface area contributed by atoms with Crippen LogP contribution in [0.2, 0.25) is 0 Å². The zero-order valence-electron chi connectivity index (χ0n) is 5.09. The molecule has 0 bridgehead atoms. The van der Waals surface area contributed by atoms with Gasteiger partial charge in [-0.15, -0.1) is 0 Å². The molecule has 0 aromatic heterocycles. The monoisotopic (exact) mass is 113 g/mol. The molecule has 0 spiro atoms. The molecule has 1 aliphatic heterocycles. The van der Waals surface area contributed by atoms with Gasteiger partial charge in [-0.3, -0.25) is 0 Å². The molecule has 1 aliphatic rings. The van der Waals surface area contributed by atoms with Gasteiger partial charge in [-0.1, -0.05) is 0 Å². The van der Waals surface area contributed by atoms with E-state index in [-0.39, 0.29) is 0 Å². The molecule has 0 radical (unpaired) electrons. The van der Waals surface area contributed by atoms with Crippen LogP contribution in [0.25, 0.3) is 0 Å². The maximum absolute atomic E-state index is 8.90. The predicted octanol–water partition coefficient (Wildman–Crippen LogP) is 1.11. The largest absolute Gasteiger partial charge is 0.511 e. The number of allylic oxidation sites excluding steroid dienone is 1. The van der Waals surface area contributed by atoms with Crippen molar-refractivity contribution in [2.24, 2.45) is 0 Å². The van der Waals surface area contributed by atoms with Crippen molar-refractivity contribution < 1.29 is 5.11 Å². The van der Waals surface area contributed by atoms with Gasteiger partial charge in [0, 0.05) is 26.2 Å². The van der Waals surface area contributed by atoms with E-state index in [0.29, 0.717) is 5.76 Å². The molecule has 0 saturated heterocycles. The van der Waals surface area contributed by atoms with Crippen LogP contribution in [0.3, 0.4) is 0 Å². The van der Waals surface area contributed by atoms with E-state index in [1.807, 2.05) is 11.9 Å². The normalized spacial score (nSPS) is 20.6. The Bertz CT molecular complexity index is 109. The minimum Gasteiger partial charge on any atom is -0.511 e. The third-order valence-corrected chi connectivity index (χ3v) is 1.31. The summed E-state index contributed by atoms with van der Waals surface area (Å²) >= 11 is 0. The summed E-state index contributed by atoms with van der Waals surface area (Å²) in [6.45, 7) is 1.07. The van der Waals surface area contributed by atoms with E-state index in [1.165, 1.54) is 0 Å². The molecule has 0 saturated carbocycles. The highest BCUT2D eigenvalue weighted by Crippen LogP contribution is 2.08. The maximum Gasteiger partial charge on any atom is 0.108 e. The van der Waals surface area contributed by atoms with Crippen LogP contribution in [0.15, 0.2) is 12.0 Å². The van der Waals surface area contributed by atoms with Crippen molar-refractivity contribution in [2.75, 3.05) is 13.6 Å². The molecule has 1 N–H and O–H groups in total. The molecule has 8 heavy (non-hydrogen) atoms. The van der Waals surface area contributed by atoms with Crippen molar-refractivity contribution in [3.8, 4) is 0 Å². The molecule has 0 unspecified atom stereocenters. The lowest BCUT2D eigenvalue weighted by molar-refractivity contribution is 0.312. The van der Waals surface area contributed by atoms with Crippen molar-refractivity contribution in [3.63, 3.8) is 0 Å². The number of hydrogen-bond donors (Lipinski definition) is 1. The van der Waals surface area contributed by atoms with Gasteiger partial charge in [0.2, 0.25) is 0 Å². The van der Waals surface area contributed by atoms with Gasteiger partial charge in [0.25, 0.3) is 0 Å². The molecule has 46 valence electrons. The number of nitrogens with zero attached hydrogens (tertiary/aromatic N) is 1. The smallest absolute Gasteiger partial charge is 0.108 e. The lowest BCUT2D eigenvalue weighted by Gasteiger charge is -2.18. The first-order valence-corrected chi connectivity index (χ1v) is 2.89. The summed E-state index contributed by atoms with van der Waals surface area (Å²) in [4.78, 5) is 2.00. The van der Waals surface area contributed by atoms with Crippen molar-refractivity contribution in [2.45, 2.75) is 12.8 Å². The van der Waals surface area contributed by atoms with Crippen molar-refractivity contribution in [3.05, 3.63) is 12.0 Å². The minimum absolute atomic E-state index is 0.513. The quantitative estimate of drug-likeness (QED) is 0.508. The second-order valence-electron chi connectivity index (χ2n) is 2.20. The highest BCUT2D eigenvalue weighted by Gasteiger charge is 2.02. The predicted molar refractivity (Wildman–Crippen MR) is 32.6 cm³/mol. The highest BCUT2D eigenvalue weighted by atomic mass is 16.3. The Hall–Kier alpha value is -0.660. The Balaban J connectivity index is 2.50. The van der Waals surface area contributed by atoms with E-state index < -0.39 is 0 Å². The molecule has 1 rings (SSSR count). The van der Waals surface area contributed by atoms with Crippen LogP contribution in [-0.2, 0) is 0 Å². The maximum atomic E-state index is 8.90. The van der Waals surface area contributed by atoms with E-state index in [0.717, 1.165) is 19.4 Å². The van der Waals surface area contributed by atoms with Gasteiger partial charge in [0.1, 0.15) is 5.76 Å². The first-order chi connectivity index (χ1) is 3.79. The summed E-state index contributed by atoms with van der Waals surface area (Å²) in [5.41, 5.74) is 0. The van der Waals surface area contributed by atoms with Gasteiger partial charge in [0.05, 0.1) is 0 Å². The minimum atomic E-state index is 0.513. The van der Waals surface area contributed by atoms with Crippen LogP contribution >= 0.6 is 0 Å². The molecular formula is C6H11NO. The SMILES string of the molecule is CN1C=C(O)CCC1. The second-order valence-corrected chi connectivity index (χ2v) is 2.20. The molecule has 2 heteroatoms. The van der Waals surface area contributed by atoms with Crippen LogP contribution in [-0.4, -0.2) is 23.6 Å². The van der Waals surface area contributed by atoms with Gasteiger partial charge in [-0.25, -0.2) is 0 Å². The standard InChI is InChI=1S/C6H11NO/c1-7-4-2-3-6(8)5-7/h5,8H,2-4H2,1H3. The van der Waals surface area contributed by atoms with Crippen LogP contribution in [0.4, 0.5) is 0 Å². The van der Waals surface area contributed by atoms with E-state index in [4.69, 9.17) is 5.11 Å².